The van der Waals surface area contributed by atoms with Crippen molar-refractivity contribution in [1.29, 1.82) is 0 Å². The monoisotopic (exact) mass is 386 g/mol. The fourth-order valence-corrected chi connectivity index (χ4v) is 3.15. The topological polar surface area (TPSA) is 77.9 Å². The van der Waals surface area contributed by atoms with Crippen LogP contribution in [-0.4, -0.2) is 65.0 Å². The van der Waals surface area contributed by atoms with Crippen molar-refractivity contribution in [3.63, 3.8) is 0 Å². The highest BCUT2D eigenvalue weighted by Crippen LogP contribution is 2.23. The quantitative estimate of drug-likeness (QED) is 0.844. The van der Waals surface area contributed by atoms with Gasteiger partial charge in [0.1, 0.15) is 6.54 Å². The van der Waals surface area contributed by atoms with Crippen molar-refractivity contribution in [2.24, 2.45) is 5.92 Å². The molecule has 1 atom stereocenters. The zero-order valence-electron chi connectivity index (χ0n) is 14.8. The molecule has 1 N–H and O–H groups in total. The van der Waals surface area contributed by atoms with Gasteiger partial charge in [-0.25, -0.2) is 4.79 Å². The third-order valence-corrected chi connectivity index (χ3v) is 4.48. The molecule has 1 unspecified atom stereocenters. The Hall–Kier alpha value is -2.58. The van der Waals surface area contributed by atoms with Gasteiger partial charge in [-0.05, 0) is 38.0 Å². The largest absolute Gasteiger partial charge is 0.478 e. The van der Waals surface area contributed by atoms with E-state index in [0.29, 0.717) is 19.4 Å². The average Bonchev–Trinajstić information content (AvgIpc) is 2.64. The summed E-state index contributed by atoms with van der Waals surface area (Å²) in [4.78, 5) is 38.3. The highest BCUT2D eigenvalue weighted by molar-refractivity contribution is 5.97. The Balaban J connectivity index is 2.10. The van der Waals surface area contributed by atoms with Gasteiger partial charge in [-0.15, -0.1) is 0 Å². The van der Waals surface area contributed by atoms with Crippen LogP contribution in [0.25, 0.3) is 0 Å². The van der Waals surface area contributed by atoms with Gasteiger partial charge < -0.3 is 14.9 Å². The molecule has 148 valence electrons. The van der Waals surface area contributed by atoms with Crippen molar-refractivity contribution in [1.82, 2.24) is 9.80 Å². The van der Waals surface area contributed by atoms with Crippen LogP contribution in [0.15, 0.2) is 24.3 Å². The van der Waals surface area contributed by atoms with Gasteiger partial charge in [0, 0.05) is 25.2 Å². The lowest BCUT2D eigenvalue weighted by Gasteiger charge is -2.35. The zero-order chi connectivity index (χ0) is 20.2. The Morgan fingerprint density at radius 2 is 1.93 bits per heavy atom. The second-order valence-corrected chi connectivity index (χ2v) is 6.44. The molecule has 1 aliphatic rings. The van der Waals surface area contributed by atoms with Gasteiger partial charge in [0.2, 0.25) is 5.91 Å². The first-order valence-corrected chi connectivity index (χ1v) is 8.60. The molecule has 27 heavy (non-hydrogen) atoms. The number of nitrogens with zero attached hydrogens (tertiary/aromatic N) is 2. The molecule has 1 aliphatic heterocycles. The summed E-state index contributed by atoms with van der Waals surface area (Å²) >= 11 is 0. The third-order valence-electron chi connectivity index (χ3n) is 4.48. The number of benzene rings is 1. The highest BCUT2D eigenvalue weighted by atomic mass is 19.4. The van der Waals surface area contributed by atoms with Gasteiger partial charge in [-0.2, -0.15) is 13.2 Å². The van der Waals surface area contributed by atoms with E-state index in [1.165, 1.54) is 36.1 Å². The summed E-state index contributed by atoms with van der Waals surface area (Å²) in [6, 6.07) is 5.53. The van der Waals surface area contributed by atoms with Gasteiger partial charge in [0.05, 0.1) is 11.5 Å². The predicted molar refractivity (Wildman–Crippen MR) is 90.3 cm³/mol. The fourth-order valence-electron chi connectivity index (χ4n) is 3.15. The smallest absolute Gasteiger partial charge is 0.406 e. The standard InChI is InChI=1S/C18H21F3N2O4/c1-2-22(11-18(19,20)21)16(25)14-7-4-8-23(10-14)15(24)12-5-3-6-13(9-12)17(26)27/h3,5-6,9,14H,2,4,7-8,10-11H2,1H3,(H,26,27). The maximum atomic E-state index is 12.6. The number of carbonyl (C=O) groups is 3. The van der Waals surface area contributed by atoms with Crippen molar-refractivity contribution in [3.8, 4) is 0 Å². The number of piperidine rings is 1. The fraction of sp³-hybridized carbons (Fsp3) is 0.500. The van der Waals surface area contributed by atoms with E-state index in [4.69, 9.17) is 5.11 Å². The summed E-state index contributed by atoms with van der Waals surface area (Å²) in [5, 5.41) is 9.03. The lowest BCUT2D eigenvalue weighted by atomic mass is 9.95. The molecule has 9 heteroatoms. The van der Waals surface area contributed by atoms with Gasteiger partial charge >= 0.3 is 12.1 Å². The number of likely N-dealkylation sites (tertiary alicyclic amines) is 1. The molecule has 1 saturated heterocycles. The van der Waals surface area contributed by atoms with Crippen LogP contribution in [0.3, 0.4) is 0 Å². The Bertz CT molecular complexity index is 721. The minimum Gasteiger partial charge on any atom is -0.478 e. The summed E-state index contributed by atoms with van der Waals surface area (Å²) in [6.07, 6.45) is -3.58. The van der Waals surface area contributed by atoms with Crippen LogP contribution in [-0.2, 0) is 4.79 Å². The average molecular weight is 386 g/mol. The van der Waals surface area contributed by atoms with Gasteiger partial charge in [0.15, 0.2) is 0 Å². The molecular formula is C18H21F3N2O4. The van der Waals surface area contributed by atoms with Crippen molar-refractivity contribution < 1.29 is 32.7 Å². The van der Waals surface area contributed by atoms with Gasteiger partial charge in [-0.3, -0.25) is 9.59 Å². The van der Waals surface area contributed by atoms with Crippen LogP contribution in [0.2, 0.25) is 0 Å². The molecule has 0 spiro atoms. The van der Waals surface area contributed by atoms with E-state index in [2.05, 4.69) is 0 Å². The molecule has 2 rings (SSSR count). The molecule has 1 aromatic rings. The van der Waals surface area contributed by atoms with E-state index in [0.717, 1.165) is 4.90 Å². The number of halogens is 3. The number of carboxylic acids is 1. The Kier molecular flexibility index (Phi) is 6.45. The first-order chi connectivity index (χ1) is 12.6. The summed E-state index contributed by atoms with van der Waals surface area (Å²) in [5.41, 5.74) is 0.137. The number of carboxylic acid groups (broad SMARTS) is 1. The normalized spacial score (nSPS) is 17.5. The van der Waals surface area contributed by atoms with Crippen LogP contribution in [0.1, 0.15) is 40.5 Å². The van der Waals surface area contributed by atoms with Crippen LogP contribution in [0, 0.1) is 5.92 Å². The van der Waals surface area contributed by atoms with Crippen LogP contribution < -0.4 is 0 Å². The van der Waals surface area contributed by atoms with Crippen molar-refractivity contribution in [2.75, 3.05) is 26.2 Å². The minimum absolute atomic E-state index is 0.0172. The lowest BCUT2D eigenvalue weighted by molar-refractivity contribution is -0.164. The first-order valence-electron chi connectivity index (χ1n) is 8.60. The van der Waals surface area contributed by atoms with Gasteiger partial charge in [0.25, 0.3) is 5.91 Å². The van der Waals surface area contributed by atoms with Crippen LogP contribution >= 0.6 is 0 Å². The molecule has 0 aliphatic carbocycles. The van der Waals surface area contributed by atoms with E-state index in [1.54, 1.807) is 0 Å². The van der Waals surface area contributed by atoms with Crippen molar-refractivity contribution in [3.05, 3.63) is 35.4 Å². The van der Waals surface area contributed by atoms with E-state index in [-0.39, 0.29) is 24.2 Å². The third kappa shape index (κ3) is 5.45. The molecule has 1 fully saturated rings. The number of hydrogen-bond donors (Lipinski definition) is 1. The van der Waals surface area contributed by atoms with E-state index >= 15 is 0 Å². The summed E-state index contributed by atoms with van der Waals surface area (Å²) in [7, 11) is 0. The second-order valence-electron chi connectivity index (χ2n) is 6.44. The minimum atomic E-state index is -4.48. The highest BCUT2D eigenvalue weighted by Gasteiger charge is 2.36. The maximum absolute atomic E-state index is 12.6. The number of carbonyl (C=O) groups excluding carboxylic acids is 2. The summed E-state index contributed by atoms with van der Waals surface area (Å²) in [6.45, 7) is 0.484. The Labute approximate surface area is 154 Å². The summed E-state index contributed by atoms with van der Waals surface area (Å²) < 4.78 is 37.9. The number of rotatable bonds is 5. The molecule has 2 amide bonds. The number of hydrogen-bond acceptors (Lipinski definition) is 3. The van der Waals surface area contributed by atoms with Crippen molar-refractivity contribution in [2.45, 2.75) is 25.9 Å². The molecule has 6 nitrogen and oxygen atoms in total. The van der Waals surface area contributed by atoms with Gasteiger partial charge in [-0.1, -0.05) is 6.07 Å². The lowest BCUT2D eigenvalue weighted by Crippen LogP contribution is -2.48. The van der Waals surface area contributed by atoms with Crippen LogP contribution in [0.4, 0.5) is 13.2 Å². The molecule has 1 aromatic carbocycles. The molecule has 0 radical (unpaired) electrons. The second kappa shape index (κ2) is 8.41. The molecule has 0 bridgehead atoms. The van der Waals surface area contributed by atoms with E-state index in [1.807, 2.05) is 0 Å². The Morgan fingerprint density at radius 1 is 1.26 bits per heavy atom. The van der Waals surface area contributed by atoms with Crippen LogP contribution in [0.5, 0.6) is 0 Å². The number of amides is 2. The maximum Gasteiger partial charge on any atom is 0.406 e. The SMILES string of the molecule is CCN(CC(F)(F)F)C(=O)C1CCCN(C(=O)c2cccc(C(=O)O)c2)C1. The van der Waals surface area contributed by atoms with Crippen molar-refractivity contribution >= 4 is 17.8 Å². The zero-order valence-corrected chi connectivity index (χ0v) is 14.8. The first kappa shape index (κ1) is 20.7. The predicted octanol–water partition coefficient (Wildman–Crippen LogP) is 2.65. The Morgan fingerprint density at radius 3 is 2.52 bits per heavy atom. The van der Waals surface area contributed by atoms with E-state index in [9.17, 15) is 27.6 Å². The number of alkyl halides is 3. The number of aromatic carboxylic acids is 1. The molecule has 0 saturated carbocycles. The summed E-state index contributed by atoms with van der Waals surface area (Å²) in [5.74, 6) is -2.92. The van der Waals surface area contributed by atoms with E-state index < -0.39 is 36.4 Å². The molecule has 0 aromatic heterocycles. The molecular weight excluding hydrogens is 365 g/mol. The molecule has 1 heterocycles.